The van der Waals surface area contributed by atoms with E-state index < -0.39 is 0 Å². The summed E-state index contributed by atoms with van der Waals surface area (Å²) >= 11 is 0. The quantitative estimate of drug-likeness (QED) is 0.660. The molecule has 3 heteroatoms. The van der Waals surface area contributed by atoms with Gasteiger partial charge in [-0.15, -0.1) is 5.92 Å². The summed E-state index contributed by atoms with van der Waals surface area (Å²) in [6.07, 6.45) is 0. The highest BCUT2D eigenvalue weighted by Gasteiger charge is 2.03. The van der Waals surface area contributed by atoms with E-state index in [4.69, 9.17) is 10.00 Å². The molecule has 14 heavy (non-hydrogen) atoms. The molecule has 1 aromatic rings. The second-order valence-electron chi connectivity index (χ2n) is 2.63. The van der Waals surface area contributed by atoms with E-state index in [2.05, 4.69) is 16.8 Å². The van der Waals surface area contributed by atoms with E-state index in [-0.39, 0.29) is 6.61 Å². The smallest absolute Gasteiger partial charge is 0.232 e. The van der Waals surface area contributed by atoms with Crippen LogP contribution in [0.5, 0.6) is 5.88 Å². The highest BCUT2D eigenvalue weighted by atomic mass is 16.5. The fourth-order valence-corrected chi connectivity index (χ4v) is 0.905. The molecule has 1 heterocycles. The van der Waals surface area contributed by atoms with Crippen LogP contribution in [-0.2, 0) is 0 Å². The van der Waals surface area contributed by atoms with Crippen LogP contribution in [0.15, 0.2) is 12.1 Å². The van der Waals surface area contributed by atoms with Gasteiger partial charge in [-0.25, -0.2) is 4.98 Å². The van der Waals surface area contributed by atoms with Gasteiger partial charge in [0.25, 0.3) is 0 Å². The molecule has 0 atom stereocenters. The van der Waals surface area contributed by atoms with Gasteiger partial charge < -0.3 is 4.74 Å². The molecule has 70 valence electrons. The average molecular weight is 186 g/mol. The molecule has 0 aliphatic rings. The fraction of sp³-hybridized carbons (Fsp3) is 0.273. The van der Waals surface area contributed by atoms with Gasteiger partial charge in [0.2, 0.25) is 5.88 Å². The Hall–Kier alpha value is -2.00. The van der Waals surface area contributed by atoms with Crippen molar-refractivity contribution < 1.29 is 4.74 Å². The number of ether oxygens (including phenoxy) is 1. The third kappa shape index (κ3) is 2.50. The van der Waals surface area contributed by atoms with Crippen molar-refractivity contribution in [3.05, 3.63) is 23.4 Å². The number of rotatable bonds is 2. The van der Waals surface area contributed by atoms with Crippen molar-refractivity contribution in [3.8, 4) is 23.8 Å². The van der Waals surface area contributed by atoms with Crippen LogP contribution < -0.4 is 4.74 Å². The van der Waals surface area contributed by atoms with E-state index in [1.807, 2.05) is 13.0 Å². The van der Waals surface area contributed by atoms with E-state index in [1.54, 1.807) is 19.1 Å². The molecular formula is C11H10N2O. The summed E-state index contributed by atoms with van der Waals surface area (Å²) in [6.45, 7) is 3.85. The van der Waals surface area contributed by atoms with Crippen molar-refractivity contribution in [2.24, 2.45) is 0 Å². The van der Waals surface area contributed by atoms with E-state index in [0.29, 0.717) is 11.4 Å². The van der Waals surface area contributed by atoms with Gasteiger partial charge >= 0.3 is 0 Å². The molecule has 0 unspecified atom stereocenters. The molecule has 3 nitrogen and oxygen atoms in total. The van der Waals surface area contributed by atoms with Crippen molar-refractivity contribution in [1.82, 2.24) is 4.98 Å². The van der Waals surface area contributed by atoms with Gasteiger partial charge in [-0.1, -0.05) is 5.92 Å². The molecular weight excluding hydrogens is 176 g/mol. The van der Waals surface area contributed by atoms with Crippen molar-refractivity contribution in [3.63, 3.8) is 0 Å². The van der Waals surface area contributed by atoms with Crippen LogP contribution in [0.1, 0.15) is 18.2 Å². The van der Waals surface area contributed by atoms with Crippen LogP contribution in [0.25, 0.3) is 0 Å². The molecule has 0 fully saturated rings. The Balaban J connectivity index is 2.87. The standard InChI is InChI=1S/C11H10N2O/c1-3-4-7-14-11-10(8-12)6-5-9(2)13-11/h5-6H,7H2,1-2H3. The number of aryl methyl sites for hydroxylation is 1. The molecule has 1 aromatic heterocycles. The van der Waals surface area contributed by atoms with Gasteiger partial charge in [0, 0.05) is 5.69 Å². The number of hydrogen-bond acceptors (Lipinski definition) is 3. The van der Waals surface area contributed by atoms with Gasteiger partial charge in [0.05, 0.1) is 0 Å². The fourth-order valence-electron chi connectivity index (χ4n) is 0.905. The van der Waals surface area contributed by atoms with Crippen molar-refractivity contribution >= 4 is 0 Å². The molecule has 0 radical (unpaired) electrons. The maximum Gasteiger partial charge on any atom is 0.232 e. The summed E-state index contributed by atoms with van der Waals surface area (Å²) < 4.78 is 5.24. The number of aromatic nitrogens is 1. The van der Waals surface area contributed by atoms with E-state index >= 15 is 0 Å². The Kier molecular flexibility index (Phi) is 3.52. The Bertz CT molecular complexity index is 421. The predicted molar refractivity (Wildman–Crippen MR) is 52.6 cm³/mol. The lowest BCUT2D eigenvalue weighted by Gasteiger charge is -2.03. The van der Waals surface area contributed by atoms with Gasteiger partial charge in [0.1, 0.15) is 11.6 Å². The first-order chi connectivity index (χ1) is 6.77. The number of hydrogen-bond donors (Lipinski definition) is 0. The highest BCUT2D eigenvalue weighted by Crippen LogP contribution is 2.14. The predicted octanol–water partition coefficient (Wildman–Crippen LogP) is 1.66. The Morgan fingerprint density at radius 1 is 1.50 bits per heavy atom. The van der Waals surface area contributed by atoms with Crippen LogP contribution in [0.2, 0.25) is 0 Å². The minimum Gasteiger partial charge on any atom is -0.464 e. The molecule has 0 aliphatic heterocycles. The molecule has 0 bridgehead atoms. The molecule has 0 amide bonds. The Morgan fingerprint density at radius 2 is 2.29 bits per heavy atom. The zero-order valence-corrected chi connectivity index (χ0v) is 8.16. The van der Waals surface area contributed by atoms with Crippen LogP contribution in [-0.4, -0.2) is 11.6 Å². The summed E-state index contributed by atoms with van der Waals surface area (Å²) in [4.78, 5) is 4.10. The zero-order chi connectivity index (χ0) is 10.4. The third-order valence-corrected chi connectivity index (χ3v) is 1.58. The summed E-state index contributed by atoms with van der Waals surface area (Å²) in [5.74, 6) is 5.81. The summed E-state index contributed by atoms with van der Waals surface area (Å²) in [5, 5.41) is 8.76. The van der Waals surface area contributed by atoms with Gasteiger partial charge in [-0.05, 0) is 26.0 Å². The Morgan fingerprint density at radius 3 is 2.93 bits per heavy atom. The topological polar surface area (TPSA) is 45.9 Å². The lowest BCUT2D eigenvalue weighted by atomic mass is 10.2. The van der Waals surface area contributed by atoms with Crippen LogP contribution in [0, 0.1) is 30.1 Å². The maximum absolute atomic E-state index is 8.76. The first-order valence-electron chi connectivity index (χ1n) is 4.18. The molecule has 1 rings (SSSR count). The van der Waals surface area contributed by atoms with Crippen LogP contribution in [0.3, 0.4) is 0 Å². The zero-order valence-electron chi connectivity index (χ0n) is 8.16. The second-order valence-corrected chi connectivity index (χ2v) is 2.63. The molecule has 0 spiro atoms. The van der Waals surface area contributed by atoms with E-state index in [9.17, 15) is 0 Å². The highest BCUT2D eigenvalue weighted by molar-refractivity contribution is 5.38. The van der Waals surface area contributed by atoms with Gasteiger partial charge in [-0.3, -0.25) is 0 Å². The van der Waals surface area contributed by atoms with Crippen LogP contribution in [0.4, 0.5) is 0 Å². The first kappa shape index (κ1) is 10.1. The van der Waals surface area contributed by atoms with Crippen molar-refractivity contribution in [2.45, 2.75) is 13.8 Å². The maximum atomic E-state index is 8.76. The van der Waals surface area contributed by atoms with Gasteiger partial charge in [-0.2, -0.15) is 5.26 Å². The van der Waals surface area contributed by atoms with Gasteiger partial charge in [0.15, 0.2) is 6.61 Å². The molecule has 0 saturated carbocycles. The number of nitrogens with zero attached hydrogens (tertiary/aromatic N) is 2. The SMILES string of the molecule is CC#CCOc1nc(C)ccc1C#N. The van der Waals surface area contributed by atoms with Crippen LogP contribution >= 0.6 is 0 Å². The van der Waals surface area contributed by atoms with Crippen molar-refractivity contribution in [1.29, 1.82) is 5.26 Å². The molecule has 0 aliphatic carbocycles. The summed E-state index contributed by atoms with van der Waals surface area (Å²) in [6, 6.07) is 5.48. The Labute approximate surface area is 83.3 Å². The molecule has 0 aromatic carbocycles. The first-order valence-corrected chi connectivity index (χ1v) is 4.18. The number of pyridine rings is 1. The lowest BCUT2D eigenvalue weighted by Crippen LogP contribution is -1.99. The minimum absolute atomic E-state index is 0.266. The molecule has 0 N–H and O–H groups in total. The molecule has 0 saturated heterocycles. The van der Waals surface area contributed by atoms with E-state index in [1.165, 1.54) is 0 Å². The normalized spacial score (nSPS) is 8.36. The lowest BCUT2D eigenvalue weighted by molar-refractivity contribution is 0.353. The average Bonchev–Trinajstić information content (AvgIpc) is 2.19. The number of nitriles is 1. The van der Waals surface area contributed by atoms with Crippen molar-refractivity contribution in [2.75, 3.05) is 6.61 Å². The summed E-state index contributed by atoms with van der Waals surface area (Å²) in [7, 11) is 0. The second kappa shape index (κ2) is 4.89. The summed E-state index contributed by atoms with van der Waals surface area (Å²) in [5.41, 5.74) is 1.26. The monoisotopic (exact) mass is 186 g/mol. The minimum atomic E-state index is 0.266. The third-order valence-electron chi connectivity index (χ3n) is 1.58. The van der Waals surface area contributed by atoms with E-state index in [0.717, 1.165) is 5.69 Å². The largest absolute Gasteiger partial charge is 0.464 e.